The largest absolute Gasteiger partial charge is 0.393 e. The van der Waals surface area contributed by atoms with Gasteiger partial charge in [0.25, 0.3) is 0 Å². The smallest absolute Gasteiger partial charge is 0.0956 e. The zero-order valence-electron chi connectivity index (χ0n) is 10.7. The molecule has 2 saturated carbocycles. The molecule has 2 aromatic rings. The lowest BCUT2D eigenvalue weighted by Crippen LogP contribution is -2.47. The summed E-state index contributed by atoms with van der Waals surface area (Å²) in [6.45, 7) is 0. The quantitative estimate of drug-likeness (QED) is 0.847. The van der Waals surface area contributed by atoms with Gasteiger partial charge >= 0.3 is 0 Å². The van der Waals surface area contributed by atoms with E-state index in [-0.39, 0.29) is 6.10 Å². The first-order chi connectivity index (χ1) is 9.30. The number of nitrogens with zero attached hydrogens (tertiary/aromatic N) is 2. The fourth-order valence-corrected chi connectivity index (χ4v) is 4.41. The molecule has 1 aliphatic heterocycles. The van der Waals surface area contributed by atoms with E-state index in [9.17, 15) is 5.11 Å². The third kappa shape index (κ3) is 1.11. The van der Waals surface area contributed by atoms with Gasteiger partial charge in [-0.15, -0.1) is 0 Å². The molecule has 0 saturated heterocycles. The monoisotopic (exact) mass is 252 g/mol. The molecule has 3 heteroatoms. The minimum atomic E-state index is -0.145. The summed E-state index contributed by atoms with van der Waals surface area (Å²) in [5.41, 5.74) is 4.30. The molecule has 0 bridgehead atoms. The molecule has 1 N–H and O–H groups in total. The number of benzene rings is 1. The average Bonchev–Trinajstić information content (AvgIpc) is 2.97. The molecule has 3 atom stereocenters. The van der Waals surface area contributed by atoms with Crippen molar-refractivity contribution in [2.45, 2.75) is 31.4 Å². The topological polar surface area (TPSA) is 38.1 Å². The van der Waals surface area contributed by atoms with Gasteiger partial charge in [0, 0.05) is 11.5 Å². The van der Waals surface area contributed by atoms with Crippen molar-refractivity contribution in [2.75, 3.05) is 0 Å². The number of hydrogen-bond acceptors (Lipinski definition) is 2. The van der Waals surface area contributed by atoms with Gasteiger partial charge in [-0.1, -0.05) is 24.3 Å². The van der Waals surface area contributed by atoms with E-state index in [1.165, 1.54) is 29.7 Å². The van der Waals surface area contributed by atoms with E-state index in [0.29, 0.717) is 17.4 Å². The van der Waals surface area contributed by atoms with E-state index in [2.05, 4.69) is 33.8 Å². The van der Waals surface area contributed by atoms with Gasteiger partial charge in [-0.3, -0.25) is 0 Å². The van der Waals surface area contributed by atoms with Crippen LogP contribution in [0.5, 0.6) is 0 Å². The van der Waals surface area contributed by atoms with Crippen LogP contribution in [0.25, 0.3) is 11.3 Å². The molecule has 3 aliphatic rings. The van der Waals surface area contributed by atoms with Crippen LogP contribution < -0.4 is 0 Å². The van der Waals surface area contributed by atoms with Gasteiger partial charge in [-0.05, 0) is 30.2 Å². The van der Waals surface area contributed by atoms with E-state index in [4.69, 9.17) is 0 Å². The first-order valence-electron chi connectivity index (χ1n) is 7.09. The van der Waals surface area contributed by atoms with Crippen molar-refractivity contribution in [3.05, 3.63) is 42.4 Å². The minimum absolute atomic E-state index is 0.145. The first kappa shape index (κ1) is 10.2. The molecule has 2 fully saturated rings. The van der Waals surface area contributed by atoms with Gasteiger partial charge in [0.15, 0.2) is 0 Å². The standard InChI is InChI=1S/C16H16N2O/c19-13-7-16(5-6-16)14(13)15-11-4-2-1-3-10(11)12-8-17-9-18(12)15/h1-4,8-9,13-15,19H,5-7H2/t13-,14-,15+/m0/s1. The third-order valence-electron chi connectivity index (χ3n) is 5.49. The summed E-state index contributed by atoms with van der Waals surface area (Å²) in [4.78, 5) is 4.31. The summed E-state index contributed by atoms with van der Waals surface area (Å²) in [5, 5.41) is 10.3. The Labute approximate surface area is 111 Å². The number of rotatable bonds is 1. The van der Waals surface area contributed by atoms with E-state index < -0.39 is 0 Å². The Morgan fingerprint density at radius 1 is 1.26 bits per heavy atom. The molecule has 5 rings (SSSR count). The molecule has 0 amide bonds. The Bertz CT molecular complexity index is 671. The van der Waals surface area contributed by atoms with Crippen LogP contribution in [0, 0.1) is 11.3 Å². The molecule has 1 aromatic carbocycles. The Morgan fingerprint density at radius 2 is 2.11 bits per heavy atom. The highest BCUT2D eigenvalue weighted by molar-refractivity contribution is 5.69. The van der Waals surface area contributed by atoms with E-state index in [1.807, 2.05) is 12.5 Å². The van der Waals surface area contributed by atoms with Crippen molar-refractivity contribution < 1.29 is 5.11 Å². The number of hydrogen-bond donors (Lipinski definition) is 1. The highest BCUT2D eigenvalue weighted by Crippen LogP contribution is 2.69. The van der Waals surface area contributed by atoms with Crippen molar-refractivity contribution >= 4 is 0 Å². The summed E-state index contributed by atoms with van der Waals surface area (Å²) in [7, 11) is 0. The lowest BCUT2D eigenvalue weighted by molar-refractivity contribution is -0.0677. The molecule has 3 nitrogen and oxygen atoms in total. The molecule has 1 aromatic heterocycles. The van der Waals surface area contributed by atoms with Crippen LogP contribution in [-0.2, 0) is 0 Å². The van der Waals surface area contributed by atoms with E-state index in [0.717, 1.165) is 6.42 Å². The van der Waals surface area contributed by atoms with Crippen LogP contribution >= 0.6 is 0 Å². The van der Waals surface area contributed by atoms with Gasteiger partial charge < -0.3 is 9.67 Å². The van der Waals surface area contributed by atoms with Gasteiger partial charge in [0.05, 0.1) is 30.4 Å². The number of fused-ring (bicyclic) bond motifs is 3. The fraction of sp³-hybridized carbons (Fsp3) is 0.438. The normalized spacial score (nSPS) is 32.8. The van der Waals surface area contributed by atoms with Crippen molar-refractivity contribution in [2.24, 2.45) is 11.3 Å². The fourth-order valence-electron chi connectivity index (χ4n) is 4.41. The lowest BCUT2D eigenvalue weighted by Gasteiger charge is -2.46. The molecule has 1 spiro atoms. The Kier molecular flexibility index (Phi) is 1.67. The van der Waals surface area contributed by atoms with Crippen LogP contribution in [0.3, 0.4) is 0 Å². The van der Waals surface area contributed by atoms with Crippen LogP contribution in [0.4, 0.5) is 0 Å². The van der Waals surface area contributed by atoms with Crippen LogP contribution in [-0.4, -0.2) is 20.8 Å². The second-order valence-corrected chi connectivity index (χ2v) is 6.38. The second-order valence-electron chi connectivity index (χ2n) is 6.38. The van der Waals surface area contributed by atoms with Gasteiger partial charge in [-0.2, -0.15) is 0 Å². The molecular weight excluding hydrogens is 236 g/mol. The number of imidazole rings is 1. The molecule has 2 heterocycles. The predicted molar refractivity (Wildman–Crippen MR) is 71.6 cm³/mol. The Morgan fingerprint density at radius 3 is 2.89 bits per heavy atom. The van der Waals surface area contributed by atoms with Gasteiger partial charge in [0.1, 0.15) is 0 Å². The highest BCUT2D eigenvalue weighted by atomic mass is 16.3. The third-order valence-corrected chi connectivity index (χ3v) is 5.49. The number of aromatic nitrogens is 2. The summed E-state index contributed by atoms with van der Waals surface area (Å²) >= 11 is 0. The van der Waals surface area contributed by atoms with Crippen molar-refractivity contribution in [1.82, 2.24) is 9.55 Å². The lowest BCUT2D eigenvalue weighted by atomic mass is 9.63. The number of aliphatic hydroxyl groups excluding tert-OH is 1. The maximum absolute atomic E-state index is 10.3. The average molecular weight is 252 g/mol. The van der Waals surface area contributed by atoms with Crippen molar-refractivity contribution in [3.8, 4) is 11.3 Å². The molecule has 19 heavy (non-hydrogen) atoms. The van der Waals surface area contributed by atoms with Gasteiger partial charge in [-0.25, -0.2) is 4.98 Å². The predicted octanol–water partition coefficient (Wildman–Crippen LogP) is 2.61. The maximum Gasteiger partial charge on any atom is 0.0956 e. The first-order valence-corrected chi connectivity index (χ1v) is 7.09. The van der Waals surface area contributed by atoms with Crippen LogP contribution in [0.15, 0.2) is 36.8 Å². The summed E-state index contributed by atoms with van der Waals surface area (Å²) < 4.78 is 2.28. The molecule has 2 aliphatic carbocycles. The Balaban J connectivity index is 1.71. The summed E-state index contributed by atoms with van der Waals surface area (Å²) in [6, 6.07) is 8.88. The van der Waals surface area contributed by atoms with Crippen LogP contribution in [0.2, 0.25) is 0 Å². The Hall–Kier alpha value is -1.61. The summed E-state index contributed by atoms with van der Waals surface area (Å²) in [5.74, 6) is 0.379. The van der Waals surface area contributed by atoms with E-state index in [1.54, 1.807) is 0 Å². The van der Waals surface area contributed by atoms with Crippen molar-refractivity contribution in [3.63, 3.8) is 0 Å². The minimum Gasteiger partial charge on any atom is -0.393 e. The molecule has 0 unspecified atom stereocenters. The van der Waals surface area contributed by atoms with Crippen LogP contribution in [0.1, 0.15) is 30.9 Å². The van der Waals surface area contributed by atoms with Crippen molar-refractivity contribution in [1.29, 1.82) is 0 Å². The molecular formula is C16H16N2O. The maximum atomic E-state index is 10.3. The highest BCUT2D eigenvalue weighted by Gasteiger charge is 2.64. The zero-order chi connectivity index (χ0) is 12.6. The SMILES string of the molecule is O[C@H]1CC2(CC2)[C@@H]1[C@H]1c2ccccc2-c2cncn21. The zero-order valence-corrected chi connectivity index (χ0v) is 10.7. The van der Waals surface area contributed by atoms with Gasteiger partial charge in [0.2, 0.25) is 0 Å². The molecule has 0 radical (unpaired) electrons. The number of aliphatic hydroxyl groups is 1. The summed E-state index contributed by atoms with van der Waals surface area (Å²) in [6.07, 6.45) is 7.31. The second kappa shape index (κ2) is 3.10. The molecule has 96 valence electrons. The van der Waals surface area contributed by atoms with E-state index >= 15 is 0 Å².